The zero-order chi connectivity index (χ0) is 20.1. The Balaban J connectivity index is 1.49. The van der Waals surface area contributed by atoms with E-state index in [0.717, 1.165) is 47.2 Å². The molecule has 0 amide bonds. The Hall–Kier alpha value is 0.310. The van der Waals surface area contributed by atoms with Crippen LogP contribution in [0.25, 0.3) is 0 Å². The molecule has 0 heterocycles. The lowest BCUT2D eigenvalue weighted by Crippen LogP contribution is -2.57. The first-order valence-electron chi connectivity index (χ1n) is 12.6. The van der Waals surface area contributed by atoms with E-state index in [0.29, 0.717) is 5.41 Å². The van der Waals surface area contributed by atoms with Crippen molar-refractivity contribution in [3.63, 3.8) is 0 Å². The molecule has 0 spiro atoms. The summed E-state index contributed by atoms with van der Waals surface area (Å²) in [7, 11) is 0. The van der Waals surface area contributed by atoms with E-state index in [-0.39, 0.29) is 11.5 Å². The summed E-state index contributed by atoms with van der Waals surface area (Å²) in [4.78, 5) is 0. The lowest BCUT2D eigenvalue weighted by molar-refractivity contribution is -0.164. The van der Waals surface area contributed by atoms with Gasteiger partial charge in [-0.25, -0.2) is 0 Å². The van der Waals surface area contributed by atoms with Gasteiger partial charge in [-0.05, 0) is 115 Å². The molecule has 2 unspecified atom stereocenters. The van der Waals surface area contributed by atoms with Gasteiger partial charge in [0, 0.05) is 0 Å². The van der Waals surface area contributed by atoms with Gasteiger partial charge in [-0.2, -0.15) is 11.8 Å². The Bertz CT molecular complexity index is 547. The third-order valence-electron chi connectivity index (χ3n) is 10.5. The van der Waals surface area contributed by atoms with Crippen LogP contribution in [0.5, 0.6) is 0 Å². The number of aliphatic hydroxyl groups is 1. The van der Waals surface area contributed by atoms with E-state index in [2.05, 4.69) is 46.4 Å². The van der Waals surface area contributed by atoms with E-state index in [4.69, 9.17) is 0 Å². The Kier molecular flexibility index (Phi) is 6.23. The molecule has 0 aromatic rings. The SMILES string of the molecule is CC(C)SCC[C@@H](C)[C@H]1CC[C@H]2[C@@H]3CCC4CCCC(O)[C@]4(C)[C@H]3CC[C@]12C. The van der Waals surface area contributed by atoms with Gasteiger partial charge in [0.1, 0.15) is 0 Å². The maximum atomic E-state index is 11.1. The third-order valence-corrected chi connectivity index (χ3v) is 11.6. The molecule has 162 valence electrons. The molecular weight excluding hydrogens is 360 g/mol. The second kappa shape index (κ2) is 8.10. The third kappa shape index (κ3) is 3.41. The molecule has 0 radical (unpaired) electrons. The van der Waals surface area contributed by atoms with E-state index in [1.165, 1.54) is 63.5 Å². The predicted molar refractivity (Wildman–Crippen MR) is 123 cm³/mol. The van der Waals surface area contributed by atoms with Crippen molar-refractivity contribution < 1.29 is 5.11 Å². The van der Waals surface area contributed by atoms with Crippen molar-refractivity contribution in [2.75, 3.05) is 5.75 Å². The van der Waals surface area contributed by atoms with E-state index in [1.807, 2.05) is 0 Å². The number of thioether (sulfide) groups is 1. The van der Waals surface area contributed by atoms with Crippen LogP contribution >= 0.6 is 11.8 Å². The second-order valence-corrected chi connectivity index (χ2v) is 13.6. The highest BCUT2D eigenvalue weighted by Gasteiger charge is 2.61. The topological polar surface area (TPSA) is 20.2 Å². The Morgan fingerprint density at radius 3 is 2.46 bits per heavy atom. The summed E-state index contributed by atoms with van der Waals surface area (Å²) < 4.78 is 0. The van der Waals surface area contributed by atoms with Crippen LogP contribution in [0, 0.1) is 46.3 Å². The molecule has 0 aromatic heterocycles. The van der Waals surface area contributed by atoms with E-state index < -0.39 is 0 Å². The van der Waals surface area contributed by atoms with Crippen LogP contribution in [0.15, 0.2) is 0 Å². The second-order valence-electron chi connectivity index (χ2n) is 11.9. The van der Waals surface area contributed by atoms with E-state index >= 15 is 0 Å². The largest absolute Gasteiger partial charge is 0.393 e. The van der Waals surface area contributed by atoms with Crippen LogP contribution in [-0.4, -0.2) is 22.2 Å². The molecule has 28 heavy (non-hydrogen) atoms. The highest BCUT2D eigenvalue weighted by Crippen LogP contribution is 2.68. The maximum absolute atomic E-state index is 11.1. The highest BCUT2D eigenvalue weighted by molar-refractivity contribution is 7.99. The van der Waals surface area contributed by atoms with Crippen molar-refractivity contribution >= 4 is 11.8 Å². The minimum absolute atomic E-state index is 0.0346. The number of hydrogen-bond donors (Lipinski definition) is 1. The zero-order valence-corrected chi connectivity index (χ0v) is 20.1. The van der Waals surface area contributed by atoms with Gasteiger partial charge in [0.05, 0.1) is 6.10 Å². The molecule has 1 nitrogen and oxygen atoms in total. The lowest BCUT2D eigenvalue weighted by Gasteiger charge is -2.62. The summed E-state index contributed by atoms with van der Waals surface area (Å²) in [5.41, 5.74) is 0.798. The Morgan fingerprint density at radius 2 is 1.71 bits per heavy atom. The summed E-state index contributed by atoms with van der Waals surface area (Å²) in [6.45, 7) is 12.4. The first-order chi connectivity index (χ1) is 13.3. The predicted octanol–water partition coefficient (Wildman–Crippen LogP) is 7.17. The molecule has 4 rings (SSSR count). The van der Waals surface area contributed by atoms with Crippen molar-refractivity contribution in [2.24, 2.45) is 46.3 Å². The molecule has 0 aromatic carbocycles. The monoisotopic (exact) mass is 406 g/mol. The summed E-state index contributed by atoms with van der Waals surface area (Å²) in [5, 5.41) is 11.9. The van der Waals surface area contributed by atoms with Crippen molar-refractivity contribution in [1.82, 2.24) is 0 Å². The smallest absolute Gasteiger partial charge is 0.0599 e. The quantitative estimate of drug-likeness (QED) is 0.522. The van der Waals surface area contributed by atoms with Gasteiger partial charge in [0.25, 0.3) is 0 Å². The van der Waals surface area contributed by atoms with Crippen LogP contribution in [0.1, 0.15) is 98.8 Å². The molecule has 2 heteroatoms. The van der Waals surface area contributed by atoms with Gasteiger partial charge < -0.3 is 5.11 Å². The molecule has 4 fully saturated rings. The van der Waals surface area contributed by atoms with Crippen LogP contribution in [0.3, 0.4) is 0 Å². The fourth-order valence-corrected chi connectivity index (χ4v) is 9.96. The average Bonchev–Trinajstić information content (AvgIpc) is 3.00. The summed E-state index contributed by atoms with van der Waals surface area (Å²) in [5.74, 6) is 6.58. The average molecular weight is 407 g/mol. The highest BCUT2D eigenvalue weighted by atomic mass is 32.2. The molecular formula is C26H46OS. The zero-order valence-electron chi connectivity index (χ0n) is 19.3. The molecule has 4 saturated carbocycles. The van der Waals surface area contributed by atoms with Crippen LogP contribution in [0.2, 0.25) is 0 Å². The van der Waals surface area contributed by atoms with Gasteiger partial charge in [-0.15, -0.1) is 0 Å². The first-order valence-corrected chi connectivity index (χ1v) is 13.6. The van der Waals surface area contributed by atoms with Crippen LogP contribution in [-0.2, 0) is 0 Å². The Labute approximate surface area is 179 Å². The van der Waals surface area contributed by atoms with E-state index in [9.17, 15) is 5.11 Å². The molecule has 0 bridgehead atoms. The molecule has 0 aliphatic heterocycles. The van der Waals surface area contributed by atoms with Crippen LogP contribution in [0.4, 0.5) is 0 Å². The minimum Gasteiger partial charge on any atom is -0.393 e. The van der Waals surface area contributed by atoms with Crippen LogP contribution < -0.4 is 0 Å². The van der Waals surface area contributed by atoms with Gasteiger partial charge in [-0.3, -0.25) is 0 Å². The molecule has 1 N–H and O–H groups in total. The Morgan fingerprint density at radius 1 is 0.929 bits per heavy atom. The van der Waals surface area contributed by atoms with Crippen molar-refractivity contribution in [2.45, 2.75) is 110 Å². The van der Waals surface area contributed by atoms with Crippen molar-refractivity contribution in [3.05, 3.63) is 0 Å². The summed E-state index contributed by atoms with van der Waals surface area (Å²) in [6.07, 6.45) is 13.7. The minimum atomic E-state index is -0.0346. The lowest BCUT2D eigenvalue weighted by atomic mass is 9.44. The number of fused-ring (bicyclic) bond motifs is 5. The number of aliphatic hydroxyl groups excluding tert-OH is 1. The number of hydrogen-bond acceptors (Lipinski definition) is 2. The fourth-order valence-electron chi connectivity index (χ4n) is 8.98. The standard InChI is InChI=1S/C26H46OS/c1-17(2)28-16-14-18(3)21-11-12-22-20-10-9-19-7-6-8-24(27)26(19,5)23(20)13-15-25(21,22)4/h17-24,27H,6-16H2,1-5H3/t18-,19?,20+,21-,22+,23+,24?,25-,26+/m1/s1. The van der Waals surface area contributed by atoms with Gasteiger partial charge in [-0.1, -0.05) is 41.0 Å². The van der Waals surface area contributed by atoms with Crippen molar-refractivity contribution in [1.29, 1.82) is 0 Å². The normalized spacial score (nSPS) is 49.4. The van der Waals surface area contributed by atoms with Crippen molar-refractivity contribution in [3.8, 4) is 0 Å². The van der Waals surface area contributed by atoms with Gasteiger partial charge in [0.15, 0.2) is 0 Å². The first kappa shape index (κ1) is 21.5. The fraction of sp³-hybridized carbons (Fsp3) is 1.00. The number of rotatable bonds is 5. The maximum Gasteiger partial charge on any atom is 0.0599 e. The molecule has 4 aliphatic carbocycles. The molecule has 9 atom stereocenters. The summed E-state index contributed by atoms with van der Waals surface area (Å²) >= 11 is 2.15. The molecule has 0 saturated heterocycles. The van der Waals surface area contributed by atoms with Gasteiger partial charge >= 0.3 is 0 Å². The van der Waals surface area contributed by atoms with Gasteiger partial charge in [0.2, 0.25) is 0 Å². The van der Waals surface area contributed by atoms with E-state index in [1.54, 1.807) is 0 Å². The molecule has 4 aliphatic rings. The summed E-state index contributed by atoms with van der Waals surface area (Å²) in [6, 6.07) is 0.